The van der Waals surface area contributed by atoms with Crippen molar-refractivity contribution in [3.8, 4) is 0 Å². The van der Waals surface area contributed by atoms with Gasteiger partial charge in [0.05, 0.1) is 6.61 Å². The Hall–Kier alpha value is -1.20. The summed E-state index contributed by atoms with van der Waals surface area (Å²) in [7, 11) is 1.86. The fourth-order valence-electron chi connectivity index (χ4n) is 2.64. The first-order valence-corrected chi connectivity index (χ1v) is 9.32. The molecule has 2 amide bonds. The number of thioether (sulfide) groups is 1. The van der Waals surface area contributed by atoms with Gasteiger partial charge in [0, 0.05) is 42.8 Å². The molecule has 1 saturated heterocycles. The minimum Gasteiger partial charge on any atom is -0.381 e. The second-order valence-electron chi connectivity index (χ2n) is 6.44. The lowest BCUT2D eigenvalue weighted by atomic mass is 10.0. The molecule has 0 bridgehead atoms. The molecule has 0 saturated carbocycles. The van der Waals surface area contributed by atoms with Crippen LogP contribution in [0.4, 0.5) is 4.79 Å². The topological polar surface area (TPSA) is 41.6 Å². The van der Waals surface area contributed by atoms with Crippen molar-refractivity contribution in [2.24, 2.45) is 5.92 Å². The Balaban J connectivity index is 1.69. The Morgan fingerprint density at radius 3 is 2.83 bits per heavy atom. The van der Waals surface area contributed by atoms with Crippen LogP contribution in [0.5, 0.6) is 0 Å². The number of carbonyl (C=O) groups is 1. The maximum atomic E-state index is 12.2. The van der Waals surface area contributed by atoms with Crippen LogP contribution in [0.15, 0.2) is 29.2 Å². The van der Waals surface area contributed by atoms with E-state index in [1.54, 1.807) is 16.7 Å². The number of carbonyl (C=O) groups excluding carboxylic acids is 1. The normalized spacial score (nSPS) is 19.2. The maximum Gasteiger partial charge on any atom is 0.317 e. The van der Waals surface area contributed by atoms with Gasteiger partial charge < -0.3 is 15.0 Å². The summed E-state index contributed by atoms with van der Waals surface area (Å²) in [5.41, 5.74) is 1.27. The molecule has 2 unspecified atom stereocenters. The molecule has 1 aromatic carbocycles. The Morgan fingerprint density at radius 2 is 2.17 bits per heavy atom. The summed E-state index contributed by atoms with van der Waals surface area (Å²) < 4.78 is 5.48. The second kappa shape index (κ2) is 9.18. The number of urea groups is 1. The molecule has 0 aliphatic carbocycles. The van der Waals surface area contributed by atoms with E-state index in [9.17, 15) is 4.79 Å². The van der Waals surface area contributed by atoms with Gasteiger partial charge in [-0.1, -0.05) is 17.7 Å². The summed E-state index contributed by atoms with van der Waals surface area (Å²) in [6.45, 7) is 6.54. The van der Waals surface area contributed by atoms with Crippen LogP contribution in [0.1, 0.15) is 25.3 Å². The molecule has 128 valence electrons. The number of hydrogen-bond donors (Lipinski definition) is 1. The highest BCUT2D eigenvalue weighted by molar-refractivity contribution is 7.99. The van der Waals surface area contributed by atoms with Gasteiger partial charge in [-0.3, -0.25) is 0 Å². The molecule has 0 aromatic heterocycles. The Morgan fingerprint density at radius 1 is 1.43 bits per heavy atom. The Labute approximate surface area is 144 Å². The van der Waals surface area contributed by atoms with Gasteiger partial charge in [0.25, 0.3) is 0 Å². The van der Waals surface area contributed by atoms with Crippen LogP contribution in [-0.4, -0.2) is 49.5 Å². The lowest BCUT2D eigenvalue weighted by Crippen LogP contribution is -2.45. The monoisotopic (exact) mass is 336 g/mol. The Kier molecular flexibility index (Phi) is 7.24. The van der Waals surface area contributed by atoms with E-state index in [4.69, 9.17) is 4.74 Å². The lowest BCUT2D eigenvalue weighted by Gasteiger charge is -2.28. The third kappa shape index (κ3) is 6.43. The van der Waals surface area contributed by atoms with Crippen LogP contribution < -0.4 is 5.32 Å². The first-order valence-electron chi connectivity index (χ1n) is 8.33. The summed E-state index contributed by atoms with van der Waals surface area (Å²) in [6.07, 6.45) is 2.25. The number of ether oxygens (including phenoxy) is 1. The summed E-state index contributed by atoms with van der Waals surface area (Å²) >= 11 is 1.77. The third-order valence-corrected chi connectivity index (χ3v) is 5.30. The number of benzene rings is 1. The standard InChI is InChI=1S/C18H28N2O2S/c1-14-6-8-17(9-7-14)23-13-15(2)19-18(21)20(3)11-16-5-4-10-22-12-16/h6-9,15-16H,4-5,10-13H2,1-3H3,(H,19,21). The van der Waals surface area contributed by atoms with E-state index in [-0.39, 0.29) is 12.1 Å². The molecule has 0 spiro atoms. The van der Waals surface area contributed by atoms with Gasteiger partial charge >= 0.3 is 6.03 Å². The van der Waals surface area contributed by atoms with Crippen molar-refractivity contribution in [1.29, 1.82) is 0 Å². The average molecular weight is 337 g/mol. The molecule has 1 aromatic rings. The van der Waals surface area contributed by atoms with E-state index in [1.165, 1.54) is 10.5 Å². The molecule has 23 heavy (non-hydrogen) atoms. The zero-order chi connectivity index (χ0) is 16.7. The van der Waals surface area contributed by atoms with Crippen LogP contribution in [0, 0.1) is 12.8 Å². The molecular weight excluding hydrogens is 308 g/mol. The van der Waals surface area contributed by atoms with E-state index < -0.39 is 0 Å². The minimum atomic E-state index is 0.00702. The molecule has 1 fully saturated rings. The molecular formula is C18H28N2O2S. The van der Waals surface area contributed by atoms with E-state index in [0.717, 1.165) is 38.4 Å². The smallest absolute Gasteiger partial charge is 0.317 e. The van der Waals surface area contributed by atoms with Gasteiger partial charge in [-0.05, 0) is 38.8 Å². The fraction of sp³-hybridized carbons (Fsp3) is 0.611. The number of rotatable bonds is 6. The van der Waals surface area contributed by atoms with Crippen molar-refractivity contribution in [1.82, 2.24) is 10.2 Å². The van der Waals surface area contributed by atoms with Crippen LogP contribution in [0.2, 0.25) is 0 Å². The van der Waals surface area contributed by atoms with Crippen molar-refractivity contribution >= 4 is 17.8 Å². The third-order valence-electron chi connectivity index (χ3n) is 4.02. The van der Waals surface area contributed by atoms with Gasteiger partial charge in [-0.2, -0.15) is 0 Å². The van der Waals surface area contributed by atoms with E-state index in [2.05, 4.69) is 43.4 Å². The summed E-state index contributed by atoms with van der Waals surface area (Å²) in [5, 5.41) is 3.08. The molecule has 2 atom stereocenters. The second-order valence-corrected chi connectivity index (χ2v) is 7.53. The largest absolute Gasteiger partial charge is 0.381 e. The van der Waals surface area contributed by atoms with Crippen molar-refractivity contribution in [3.63, 3.8) is 0 Å². The van der Waals surface area contributed by atoms with Crippen LogP contribution in [-0.2, 0) is 4.74 Å². The quantitative estimate of drug-likeness (QED) is 0.808. The molecule has 5 heteroatoms. The van der Waals surface area contributed by atoms with E-state index >= 15 is 0 Å². The highest BCUT2D eigenvalue weighted by Gasteiger charge is 2.19. The van der Waals surface area contributed by atoms with Gasteiger partial charge in [0.2, 0.25) is 0 Å². The SMILES string of the molecule is Cc1ccc(SCC(C)NC(=O)N(C)CC2CCCOC2)cc1. The van der Waals surface area contributed by atoms with E-state index in [0.29, 0.717) is 5.92 Å². The number of hydrogen-bond acceptors (Lipinski definition) is 3. The maximum absolute atomic E-state index is 12.2. The predicted molar refractivity (Wildman–Crippen MR) is 96.1 cm³/mol. The minimum absolute atomic E-state index is 0.00702. The van der Waals surface area contributed by atoms with Crippen molar-refractivity contribution in [2.75, 3.05) is 32.6 Å². The zero-order valence-electron chi connectivity index (χ0n) is 14.4. The molecule has 1 heterocycles. The van der Waals surface area contributed by atoms with Crippen LogP contribution >= 0.6 is 11.8 Å². The number of amides is 2. The molecule has 1 aliphatic rings. The van der Waals surface area contributed by atoms with Crippen molar-refractivity contribution in [3.05, 3.63) is 29.8 Å². The highest BCUT2D eigenvalue weighted by Crippen LogP contribution is 2.19. The molecule has 0 radical (unpaired) electrons. The average Bonchev–Trinajstić information content (AvgIpc) is 2.55. The van der Waals surface area contributed by atoms with Crippen molar-refractivity contribution < 1.29 is 9.53 Å². The van der Waals surface area contributed by atoms with Crippen molar-refractivity contribution in [2.45, 2.75) is 37.6 Å². The van der Waals surface area contributed by atoms with Gasteiger partial charge in [0.1, 0.15) is 0 Å². The summed E-state index contributed by atoms with van der Waals surface area (Å²) in [4.78, 5) is 15.3. The van der Waals surface area contributed by atoms with Gasteiger partial charge in [-0.25, -0.2) is 4.79 Å². The first kappa shape index (κ1) is 18.1. The van der Waals surface area contributed by atoms with Crippen LogP contribution in [0.25, 0.3) is 0 Å². The molecule has 1 aliphatic heterocycles. The number of nitrogens with zero attached hydrogens (tertiary/aromatic N) is 1. The predicted octanol–water partition coefficient (Wildman–Crippen LogP) is 3.54. The molecule has 2 rings (SSSR count). The lowest BCUT2D eigenvalue weighted by molar-refractivity contribution is 0.0457. The van der Waals surface area contributed by atoms with E-state index in [1.807, 2.05) is 7.05 Å². The summed E-state index contributed by atoms with van der Waals surface area (Å²) in [5.74, 6) is 1.34. The van der Waals surface area contributed by atoms with Gasteiger partial charge in [0.15, 0.2) is 0 Å². The number of nitrogens with one attached hydrogen (secondary N) is 1. The highest BCUT2D eigenvalue weighted by atomic mass is 32.2. The van der Waals surface area contributed by atoms with Crippen LogP contribution in [0.3, 0.4) is 0 Å². The molecule has 4 nitrogen and oxygen atoms in total. The Bertz CT molecular complexity index is 486. The molecule has 1 N–H and O–H groups in total. The van der Waals surface area contributed by atoms with Gasteiger partial charge in [-0.15, -0.1) is 11.8 Å². The summed E-state index contributed by atoms with van der Waals surface area (Å²) in [6, 6.07) is 8.64. The first-order chi connectivity index (χ1) is 11.0. The zero-order valence-corrected chi connectivity index (χ0v) is 15.2. The fourth-order valence-corrected chi connectivity index (χ4v) is 3.49. The number of aryl methyl sites for hydroxylation is 1.